The van der Waals surface area contributed by atoms with Crippen LogP contribution in [0.15, 0.2) is 60.8 Å². The number of rotatable bonds is 36. The number of nitrogens with zero attached hydrogens (tertiary/aromatic N) is 1. The van der Waals surface area contributed by atoms with Crippen molar-refractivity contribution in [3.8, 4) is 0 Å². The first-order chi connectivity index (χ1) is 25.6. The Morgan fingerprint density at radius 2 is 1.13 bits per heavy atom. The van der Waals surface area contributed by atoms with Gasteiger partial charge in [-0.25, -0.2) is 0 Å². The number of hydrogen-bond acceptors (Lipinski definition) is 7. The summed E-state index contributed by atoms with van der Waals surface area (Å²) >= 11 is 0. The van der Waals surface area contributed by atoms with Crippen LogP contribution in [0, 0.1) is 0 Å². The quantitative estimate of drug-likeness (QED) is 0.0207. The fourth-order valence-corrected chi connectivity index (χ4v) is 5.67. The molecule has 0 aromatic carbocycles. The standard InChI is InChI=1S/C45H77NO7/c1-6-8-10-12-14-16-18-19-20-21-22-23-24-26-28-30-32-34-36-44(48)53-41(39-51-38-37-42(45(49)50)46(3,4)5)40-52-43(47)35-33-31-29-27-25-17-15-13-11-9-7-2/h9,11,15,17,20-23,27,29,41-42H,6-8,10,12-14,16,18-19,24-26,28,30-40H2,1-5H3/b11-9+,17-15+,21-20+,23-22+,29-27+. The maximum Gasteiger partial charge on any atom is 0.306 e. The third-order valence-electron chi connectivity index (χ3n) is 8.92. The number of quaternary nitrogens is 1. The highest BCUT2D eigenvalue weighted by molar-refractivity contribution is 5.70. The van der Waals surface area contributed by atoms with Crippen LogP contribution in [-0.4, -0.2) is 75.5 Å². The van der Waals surface area contributed by atoms with Crippen LogP contribution in [0.2, 0.25) is 0 Å². The molecule has 8 heteroatoms. The lowest BCUT2D eigenvalue weighted by atomic mass is 10.1. The lowest BCUT2D eigenvalue weighted by Gasteiger charge is -2.34. The Kier molecular flexibility index (Phi) is 34.0. The zero-order chi connectivity index (χ0) is 39.3. The number of carbonyl (C=O) groups excluding carboxylic acids is 3. The Labute approximate surface area is 324 Å². The van der Waals surface area contributed by atoms with Gasteiger partial charge in [0.05, 0.1) is 40.3 Å². The van der Waals surface area contributed by atoms with E-state index < -0.39 is 18.1 Å². The SMILES string of the molecule is CC/C=C/C/C=C/C/C=C/CCCC(=O)OCC(COCCC(C(=O)[O-])[N+](C)(C)C)OC(=O)CCCCCCC/C=C/C=C/CCCCCCCCC. The molecule has 0 fully saturated rings. The largest absolute Gasteiger partial charge is 0.544 e. The van der Waals surface area contributed by atoms with Crippen LogP contribution >= 0.6 is 0 Å². The highest BCUT2D eigenvalue weighted by Crippen LogP contribution is 2.12. The minimum atomic E-state index is -1.14. The number of hydrogen-bond donors (Lipinski definition) is 0. The van der Waals surface area contributed by atoms with Crippen molar-refractivity contribution in [3.63, 3.8) is 0 Å². The van der Waals surface area contributed by atoms with Crippen LogP contribution in [-0.2, 0) is 28.6 Å². The predicted octanol–water partition coefficient (Wildman–Crippen LogP) is 9.69. The van der Waals surface area contributed by atoms with Crippen LogP contribution in [0.3, 0.4) is 0 Å². The molecule has 0 aromatic rings. The molecule has 0 aliphatic carbocycles. The molecule has 0 spiro atoms. The molecular formula is C45H77NO7. The zero-order valence-corrected chi connectivity index (χ0v) is 34.4. The summed E-state index contributed by atoms with van der Waals surface area (Å²) in [5.41, 5.74) is 0. The summed E-state index contributed by atoms with van der Waals surface area (Å²) in [6.07, 6.45) is 42.6. The molecule has 2 unspecified atom stereocenters. The summed E-state index contributed by atoms with van der Waals surface area (Å²) in [6, 6.07) is -0.737. The van der Waals surface area contributed by atoms with E-state index in [1.807, 2.05) is 0 Å². The molecule has 0 radical (unpaired) electrons. The number of aliphatic carboxylic acids is 1. The second-order valence-corrected chi connectivity index (χ2v) is 14.9. The average Bonchev–Trinajstić information content (AvgIpc) is 3.11. The zero-order valence-electron chi connectivity index (χ0n) is 34.4. The number of carboxylic acids is 1. The molecule has 53 heavy (non-hydrogen) atoms. The van der Waals surface area contributed by atoms with E-state index in [4.69, 9.17) is 14.2 Å². The maximum absolute atomic E-state index is 12.7. The first-order valence-corrected chi connectivity index (χ1v) is 20.8. The van der Waals surface area contributed by atoms with Crippen molar-refractivity contribution in [2.45, 2.75) is 167 Å². The van der Waals surface area contributed by atoms with Crippen molar-refractivity contribution in [2.75, 3.05) is 41.0 Å². The molecule has 0 aliphatic rings. The number of ether oxygens (including phenoxy) is 3. The molecule has 0 saturated carbocycles. The number of esters is 2. The first kappa shape index (κ1) is 50.0. The monoisotopic (exact) mass is 744 g/mol. The molecule has 0 aromatic heterocycles. The summed E-state index contributed by atoms with van der Waals surface area (Å²) in [5, 5.41) is 11.6. The average molecular weight is 744 g/mol. The Bertz CT molecular complexity index is 1050. The van der Waals surface area contributed by atoms with E-state index in [-0.39, 0.29) is 49.1 Å². The van der Waals surface area contributed by atoms with Crippen LogP contribution in [0.5, 0.6) is 0 Å². The van der Waals surface area contributed by atoms with Gasteiger partial charge in [-0.05, 0) is 64.2 Å². The predicted molar refractivity (Wildman–Crippen MR) is 217 cm³/mol. The molecule has 0 N–H and O–H groups in total. The molecule has 2 atom stereocenters. The summed E-state index contributed by atoms with van der Waals surface area (Å²) in [6.45, 7) is 4.45. The normalized spacial score (nSPS) is 13.6. The molecule has 0 saturated heterocycles. The van der Waals surface area contributed by atoms with Crippen LogP contribution in [0.4, 0.5) is 0 Å². The van der Waals surface area contributed by atoms with E-state index in [1.54, 1.807) is 21.1 Å². The Balaban J connectivity index is 4.45. The second-order valence-electron chi connectivity index (χ2n) is 14.9. The smallest absolute Gasteiger partial charge is 0.306 e. The van der Waals surface area contributed by atoms with Gasteiger partial charge in [0.15, 0.2) is 6.10 Å². The van der Waals surface area contributed by atoms with Gasteiger partial charge in [0.2, 0.25) is 0 Å². The van der Waals surface area contributed by atoms with Gasteiger partial charge >= 0.3 is 11.9 Å². The molecule has 304 valence electrons. The van der Waals surface area contributed by atoms with Gasteiger partial charge in [0, 0.05) is 19.3 Å². The Morgan fingerprint density at radius 3 is 1.72 bits per heavy atom. The van der Waals surface area contributed by atoms with E-state index in [0.717, 1.165) is 70.6 Å². The van der Waals surface area contributed by atoms with Gasteiger partial charge in [-0.15, -0.1) is 0 Å². The number of likely N-dealkylation sites (N-methyl/N-ethyl adjacent to an activating group) is 1. The lowest BCUT2D eigenvalue weighted by Crippen LogP contribution is -2.55. The van der Waals surface area contributed by atoms with Crippen molar-refractivity contribution < 1.29 is 38.2 Å². The first-order valence-electron chi connectivity index (χ1n) is 20.8. The van der Waals surface area contributed by atoms with Gasteiger partial charge in [0.25, 0.3) is 0 Å². The number of unbranched alkanes of at least 4 members (excludes halogenated alkanes) is 13. The number of allylic oxidation sites excluding steroid dienone is 10. The maximum atomic E-state index is 12.7. The summed E-state index contributed by atoms with van der Waals surface area (Å²) in [5.74, 6) is -1.83. The molecule has 0 rings (SSSR count). The second kappa shape index (κ2) is 36.0. The minimum absolute atomic E-state index is 0.0161. The fourth-order valence-electron chi connectivity index (χ4n) is 5.67. The summed E-state index contributed by atoms with van der Waals surface area (Å²) in [7, 11) is 5.37. The van der Waals surface area contributed by atoms with Gasteiger partial charge in [0.1, 0.15) is 12.6 Å². The third kappa shape index (κ3) is 34.5. The van der Waals surface area contributed by atoms with Crippen molar-refractivity contribution in [3.05, 3.63) is 60.8 Å². The van der Waals surface area contributed by atoms with Gasteiger partial charge in [-0.2, -0.15) is 0 Å². The van der Waals surface area contributed by atoms with Crippen LogP contribution in [0.1, 0.15) is 155 Å². The third-order valence-corrected chi connectivity index (χ3v) is 8.92. The van der Waals surface area contributed by atoms with Crippen molar-refractivity contribution in [2.24, 2.45) is 0 Å². The molecule has 0 amide bonds. The molecule has 0 aliphatic heterocycles. The molecule has 0 bridgehead atoms. The highest BCUT2D eigenvalue weighted by atomic mass is 16.6. The topological polar surface area (TPSA) is 102 Å². The summed E-state index contributed by atoms with van der Waals surface area (Å²) < 4.78 is 17.0. The molecular weight excluding hydrogens is 666 g/mol. The van der Waals surface area contributed by atoms with Gasteiger partial charge < -0.3 is 28.6 Å². The van der Waals surface area contributed by atoms with Gasteiger partial charge in [-0.3, -0.25) is 9.59 Å². The minimum Gasteiger partial charge on any atom is -0.544 e. The molecule has 8 nitrogen and oxygen atoms in total. The Morgan fingerprint density at radius 1 is 0.604 bits per heavy atom. The van der Waals surface area contributed by atoms with Crippen molar-refractivity contribution in [1.29, 1.82) is 0 Å². The fraction of sp³-hybridized carbons (Fsp3) is 0.711. The lowest BCUT2D eigenvalue weighted by molar-refractivity contribution is -0.889. The van der Waals surface area contributed by atoms with Crippen LogP contribution < -0.4 is 5.11 Å². The van der Waals surface area contributed by atoms with E-state index in [2.05, 4.69) is 74.6 Å². The molecule has 0 heterocycles. The van der Waals surface area contributed by atoms with Gasteiger partial charge in [-0.1, -0.05) is 132 Å². The number of carboxylic acid groups (broad SMARTS) is 1. The highest BCUT2D eigenvalue weighted by Gasteiger charge is 2.25. The van der Waals surface area contributed by atoms with E-state index in [0.29, 0.717) is 12.8 Å². The summed E-state index contributed by atoms with van der Waals surface area (Å²) in [4.78, 5) is 36.7. The van der Waals surface area contributed by atoms with E-state index in [9.17, 15) is 19.5 Å². The Hall–Kier alpha value is -2.97. The van der Waals surface area contributed by atoms with E-state index >= 15 is 0 Å². The van der Waals surface area contributed by atoms with Crippen molar-refractivity contribution in [1.82, 2.24) is 0 Å². The number of carbonyl (C=O) groups is 3. The van der Waals surface area contributed by atoms with Crippen LogP contribution in [0.25, 0.3) is 0 Å². The van der Waals surface area contributed by atoms with E-state index in [1.165, 1.54) is 44.9 Å². The van der Waals surface area contributed by atoms with Crippen molar-refractivity contribution >= 4 is 17.9 Å².